The summed E-state index contributed by atoms with van der Waals surface area (Å²) in [6, 6.07) is 17.1. The van der Waals surface area contributed by atoms with Crippen LogP contribution in [0, 0.1) is 0 Å². The molecule has 3 aromatic rings. The molecule has 0 saturated heterocycles. The van der Waals surface area contributed by atoms with Crippen LogP contribution in [0.3, 0.4) is 0 Å². The molecule has 0 aliphatic heterocycles. The number of aromatic nitrogens is 1. The van der Waals surface area contributed by atoms with Crippen molar-refractivity contribution in [2.24, 2.45) is 7.05 Å². The van der Waals surface area contributed by atoms with E-state index in [2.05, 4.69) is 110 Å². The standard InChI is InChI=1S/C22H24N2S/c1-5-17-9-7-10-18(15-17)20(6-2)24(16(3)25)22-12-8-11-21-19(22)13-14-23(21)4/h6-15,25H,3,5H2,1-2,4H3/b20-6-. The molecular weight excluding hydrogens is 324 g/mol. The fraction of sp³-hybridized carbons (Fsp3) is 0.182. The number of allylic oxidation sites excluding steroid dienone is 1. The third-order valence-corrected chi connectivity index (χ3v) is 4.75. The third-order valence-electron chi connectivity index (χ3n) is 4.55. The van der Waals surface area contributed by atoms with Crippen molar-refractivity contribution in [2.45, 2.75) is 20.3 Å². The number of hydrogen-bond donors (Lipinski definition) is 1. The lowest BCUT2D eigenvalue weighted by atomic mass is 10.0. The molecule has 0 aliphatic rings. The molecule has 0 N–H and O–H groups in total. The summed E-state index contributed by atoms with van der Waals surface area (Å²) in [4.78, 5) is 2.13. The molecule has 0 atom stereocenters. The van der Waals surface area contributed by atoms with Crippen molar-refractivity contribution in [3.63, 3.8) is 0 Å². The van der Waals surface area contributed by atoms with Crippen molar-refractivity contribution in [1.29, 1.82) is 0 Å². The highest BCUT2D eigenvalue weighted by molar-refractivity contribution is 7.84. The molecule has 2 nitrogen and oxygen atoms in total. The molecule has 1 aromatic heterocycles. The van der Waals surface area contributed by atoms with Crippen molar-refractivity contribution in [2.75, 3.05) is 4.90 Å². The minimum atomic E-state index is 0.700. The lowest BCUT2D eigenvalue weighted by Crippen LogP contribution is -2.18. The van der Waals surface area contributed by atoms with Crippen molar-refractivity contribution < 1.29 is 0 Å². The topological polar surface area (TPSA) is 8.17 Å². The van der Waals surface area contributed by atoms with Gasteiger partial charge in [0.2, 0.25) is 0 Å². The van der Waals surface area contributed by atoms with Gasteiger partial charge in [-0.15, -0.1) is 12.6 Å². The van der Waals surface area contributed by atoms with Crippen LogP contribution in [0.2, 0.25) is 0 Å². The van der Waals surface area contributed by atoms with Crippen LogP contribution in [0.4, 0.5) is 5.69 Å². The molecule has 0 fully saturated rings. The van der Waals surface area contributed by atoms with E-state index < -0.39 is 0 Å². The van der Waals surface area contributed by atoms with Crippen LogP contribution in [0.5, 0.6) is 0 Å². The number of hydrogen-bond acceptors (Lipinski definition) is 2. The smallest absolute Gasteiger partial charge is 0.0695 e. The van der Waals surface area contributed by atoms with E-state index in [1.807, 2.05) is 0 Å². The Morgan fingerprint density at radius 3 is 2.64 bits per heavy atom. The van der Waals surface area contributed by atoms with Crippen LogP contribution in [0.25, 0.3) is 16.6 Å². The SMILES string of the molecule is C=C(S)N(/C(=C\C)c1cccc(CC)c1)c1cccc2c1ccn2C. The van der Waals surface area contributed by atoms with Crippen molar-refractivity contribution in [1.82, 2.24) is 4.57 Å². The highest BCUT2D eigenvalue weighted by Crippen LogP contribution is 2.36. The summed E-state index contributed by atoms with van der Waals surface area (Å²) in [6.07, 6.45) is 5.22. The highest BCUT2D eigenvalue weighted by Gasteiger charge is 2.18. The normalized spacial score (nSPS) is 11.8. The largest absolute Gasteiger partial charge is 0.350 e. The Kier molecular flexibility index (Phi) is 5.05. The van der Waals surface area contributed by atoms with Crippen molar-refractivity contribution >= 4 is 34.9 Å². The molecule has 0 unspecified atom stereocenters. The average molecular weight is 349 g/mol. The summed E-state index contributed by atoms with van der Waals surface area (Å²) >= 11 is 4.61. The Labute approximate surface area is 155 Å². The number of thiol groups is 1. The lowest BCUT2D eigenvalue weighted by molar-refractivity contribution is 0.969. The predicted octanol–water partition coefficient (Wildman–Crippen LogP) is 6.01. The summed E-state index contributed by atoms with van der Waals surface area (Å²) in [5.41, 5.74) is 5.86. The zero-order valence-electron chi connectivity index (χ0n) is 15.0. The van der Waals surface area contributed by atoms with E-state index in [1.54, 1.807) is 0 Å². The van der Waals surface area contributed by atoms with E-state index in [1.165, 1.54) is 22.0 Å². The molecule has 0 aliphatic carbocycles. The maximum Gasteiger partial charge on any atom is 0.0695 e. The zero-order valence-corrected chi connectivity index (χ0v) is 15.9. The number of aryl methyl sites for hydroxylation is 2. The lowest BCUT2D eigenvalue weighted by Gasteiger charge is -2.28. The van der Waals surface area contributed by atoms with Gasteiger partial charge in [0.1, 0.15) is 0 Å². The van der Waals surface area contributed by atoms with E-state index in [0.29, 0.717) is 5.03 Å². The maximum atomic E-state index is 4.61. The van der Waals surface area contributed by atoms with Gasteiger partial charge in [0.15, 0.2) is 0 Å². The van der Waals surface area contributed by atoms with Gasteiger partial charge in [-0.2, -0.15) is 0 Å². The Hall–Kier alpha value is -2.39. The fourth-order valence-electron chi connectivity index (χ4n) is 3.26. The predicted molar refractivity (Wildman–Crippen MR) is 113 cm³/mol. The molecule has 3 heteroatoms. The minimum Gasteiger partial charge on any atom is -0.350 e. The number of rotatable bonds is 5. The third kappa shape index (κ3) is 3.24. The van der Waals surface area contributed by atoms with Gasteiger partial charge in [0.25, 0.3) is 0 Å². The molecule has 0 saturated carbocycles. The summed E-state index contributed by atoms with van der Waals surface area (Å²) in [6.45, 7) is 8.36. The minimum absolute atomic E-state index is 0.700. The van der Waals surface area contributed by atoms with Gasteiger partial charge in [-0.1, -0.05) is 43.8 Å². The van der Waals surface area contributed by atoms with Crippen molar-refractivity contribution in [3.8, 4) is 0 Å². The molecule has 0 amide bonds. The molecule has 25 heavy (non-hydrogen) atoms. The second kappa shape index (κ2) is 7.24. The van der Waals surface area contributed by atoms with Crippen LogP contribution in [0.15, 0.2) is 72.4 Å². The van der Waals surface area contributed by atoms with Gasteiger partial charge in [-0.25, -0.2) is 0 Å². The van der Waals surface area contributed by atoms with Gasteiger partial charge >= 0.3 is 0 Å². The van der Waals surface area contributed by atoms with Crippen LogP contribution < -0.4 is 4.90 Å². The number of anilines is 1. The number of nitrogens with zero attached hydrogens (tertiary/aromatic N) is 2. The summed E-state index contributed by atoms with van der Waals surface area (Å²) in [5.74, 6) is 0. The second-order valence-corrected chi connectivity index (χ2v) is 6.63. The van der Waals surface area contributed by atoms with E-state index in [4.69, 9.17) is 0 Å². The highest BCUT2D eigenvalue weighted by atomic mass is 32.1. The molecule has 0 bridgehead atoms. The van der Waals surface area contributed by atoms with Gasteiger partial charge < -0.3 is 9.47 Å². The number of fused-ring (bicyclic) bond motifs is 1. The molecule has 3 rings (SSSR count). The molecule has 128 valence electrons. The molecular formula is C22H24N2S. The zero-order chi connectivity index (χ0) is 18.0. The van der Waals surface area contributed by atoms with Crippen LogP contribution in [-0.2, 0) is 13.5 Å². The average Bonchev–Trinajstić information content (AvgIpc) is 3.01. The molecule has 0 radical (unpaired) electrons. The van der Waals surface area contributed by atoms with Crippen molar-refractivity contribution in [3.05, 3.63) is 83.5 Å². The Morgan fingerprint density at radius 2 is 1.96 bits per heavy atom. The quantitative estimate of drug-likeness (QED) is 0.555. The number of benzene rings is 2. The van der Waals surface area contributed by atoms with Gasteiger partial charge in [0, 0.05) is 29.8 Å². The first-order chi connectivity index (χ1) is 12.1. The van der Waals surface area contributed by atoms with Crippen LogP contribution in [0.1, 0.15) is 25.0 Å². The Morgan fingerprint density at radius 1 is 1.20 bits per heavy atom. The summed E-state index contributed by atoms with van der Waals surface area (Å²) < 4.78 is 2.13. The van der Waals surface area contributed by atoms with Crippen LogP contribution in [-0.4, -0.2) is 4.57 Å². The van der Waals surface area contributed by atoms with E-state index in [0.717, 1.165) is 17.8 Å². The summed E-state index contributed by atoms with van der Waals surface area (Å²) in [5, 5.41) is 1.89. The summed E-state index contributed by atoms with van der Waals surface area (Å²) in [7, 11) is 2.06. The fourth-order valence-corrected chi connectivity index (χ4v) is 3.48. The maximum absolute atomic E-state index is 4.61. The molecule has 2 aromatic carbocycles. The first-order valence-electron chi connectivity index (χ1n) is 8.54. The monoisotopic (exact) mass is 348 g/mol. The molecule has 0 spiro atoms. The Bertz CT molecular complexity index is 950. The van der Waals surface area contributed by atoms with Gasteiger partial charge in [-0.3, -0.25) is 0 Å². The van der Waals surface area contributed by atoms with Crippen LogP contribution >= 0.6 is 12.6 Å². The van der Waals surface area contributed by atoms with Gasteiger partial charge in [-0.05, 0) is 48.7 Å². The first kappa shape index (κ1) is 17.4. The van der Waals surface area contributed by atoms with E-state index >= 15 is 0 Å². The van der Waals surface area contributed by atoms with E-state index in [9.17, 15) is 0 Å². The molecule has 1 heterocycles. The Balaban J connectivity index is 2.18. The van der Waals surface area contributed by atoms with E-state index in [-0.39, 0.29) is 0 Å². The first-order valence-corrected chi connectivity index (χ1v) is 8.99. The second-order valence-electron chi connectivity index (χ2n) is 6.12. The van der Waals surface area contributed by atoms with Gasteiger partial charge in [0.05, 0.1) is 10.7 Å².